The van der Waals surface area contributed by atoms with E-state index in [1.807, 2.05) is 0 Å². The Hall–Kier alpha value is -4.07. The van der Waals surface area contributed by atoms with Gasteiger partial charge in [0.25, 0.3) is 5.91 Å². The summed E-state index contributed by atoms with van der Waals surface area (Å²) in [4.78, 5) is 38.9. The minimum Gasteiger partial charge on any atom is -0.478 e. The maximum Gasteiger partial charge on any atom is 0.335 e. The highest BCUT2D eigenvalue weighted by Crippen LogP contribution is 2.25. The van der Waals surface area contributed by atoms with Gasteiger partial charge in [-0.2, -0.15) is 0 Å². The number of amides is 1. The van der Waals surface area contributed by atoms with Crippen LogP contribution in [0, 0.1) is 5.82 Å². The predicted molar refractivity (Wildman–Crippen MR) is 105 cm³/mol. The van der Waals surface area contributed by atoms with Gasteiger partial charge in [0, 0.05) is 12.1 Å². The van der Waals surface area contributed by atoms with E-state index in [0.29, 0.717) is 11.1 Å². The lowest BCUT2D eigenvalue weighted by atomic mass is 10.1. The van der Waals surface area contributed by atoms with Gasteiger partial charge >= 0.3 is 5.97 Å². The molecule has 1 aromatic heterocycles. The van der Waals surface area contributed by atoms with Crippen molar-refractivity contribution in [3.63, 3.8) is 0 Å². The first-order valence-electron chi connectivity index (χ1n) is 8.88. The summed E-state index contributed by atoms with van der Waals surface area (Å²) in [6.45, 7) is 1.51. The third-order valence-corrected chi connectivity index (χ3v) is 4.17. The predicted octanol–water partition coefficient (Wildman–Crippen LogP) is 3.84. The summed E-state index contributed by atoms with van der Waals surface area (Å²) in [5, 5.41) is 11.5. The lowest BCUT2D eigenvalue weighted by molar-refractivity contribution is 0.0696. The summed E-state index contributed by atoms with van der Waals surface area (Å²) in [6, 6.07) is 13.3. The Balaban J connectivity index is 1.77. The zero-order valence-electron chi connectivity index (χ0n) is 15.9. The van der Waals surface area contributed by atoms with Crippen molar-refractivity contribution in [3.05, 3.63) is 88.9 Å². The van der Waals surface area contributed by atoms with Crippen molar-refractivity contribution in [2.24, 2.45) is 0 Å². The van der Waals surface area contributed by atoms with Gasteiger partial charge in [-0.05, 0) is 42.8 Å². The SMILES string of the molecule is CC(=O)c1cccc(Oc2ncc(F)cc2C(=O)NCc2ccc(C(=O)O)cc2)c1. The van der Waals surface area contributed by atoms with Gasteiger partial charge in [0.1, 0.15) is 17.1 Å². The number of nitrogens with one attached hydrogen (secondary N) is 1. The number of pyridine rings is 1. The van der Waals surface area contributed by atoms with Crippen LogP contribution in [0.2, 0.25) is 0 Å². The van der Waals surface area contributed by atoms with E-state index in [0.717, 1.165) is 12.3 Å². The summed E-state index contributed by atoms with van der Waals surface area (Å²) >= 11 is 0. The number of Topliss-reactive ketones (excluding diaryl/α,β-unsaturated/α-hetero) is 1. The van der Waals surface area contributed by atoms with Crippen LogP contribution in [0.4, 0.5) is 4.39 Å². The first kappa shape index (κ1) is 20.7. The number of aromatic carboxylic acids is 1. The van der Waals surface area contributed by atoms with Crippen molar-refractivity contribution in [2.45, 2.75) is 13.5 Å². The standard InChI is InChI=1S/C22H17FN2O5/c1-13(26)16-3-2-4-18(9-16)30-21-19(10-17(23)12-25-21)20(27)24-11-14-5-7-15(8-6-14)22(28)29/h2-10,12H,11H2,1H3,(H,24,27)(H,28,29). The van der Waals surface area contributed by atoms with Crippen LogP contribution in [0.3, 0.4) is 0 Å². The van der Waals surface area contributed by atoms with Crippen LogP contribution in [0.25, 0.3) is 0 Å². The first-order chi connectivity index (χ1) is 14.3. The summed E-state index contributed by atoms with van der Waals surface area (Å²) in [5.41, 5.74) is 1.09. The van der Waals surface area contributed by atoms with Crippen LogP contribution >= 0.6 is 0 Å². The molecule has 3 aromatic rings. The molecule has 8 heteroatoms. The molecule has 3 rings (SSSR count). The first-order valence-corrected chi connectivity index (χ1v) is 8.88. The van der Waals surface area contributed by atoms with Crippen LogP contribution in [-0.4, -0.2) is 27.8 Å². The molecule has 30 heavy (non-hydrogen) atoms. The average Bonchev–Trinajstić information content (AvgIpc) is 2.73. The van der Waals surface area contributed by atoms with Gasteiger partial charge in [-0.25, -0.2) is 14.2 Å². The van der Waals surface area contributed by atoms with Gasteiger partial charge in [-0.3, -0.25) is 9.59 Å². The lowest BCUT2D eigenvalue weighted by Gasteiger charge is -2.11. The molecule has 2 N–H and O–H groups in total. The van der Waals surface area contributed by atoms with Crippen LogP contribution in [-0.2, 0) is 6.54 Å². The second kappa shape index (κ2) is 8.95. The fraction of sp³-hybridized carbons (Fsp3) is 0.0909. The van der Waals surface area contributed by atoms with E-state index in [2.05, 4.69) is 10.3 Å². The van der Waals surface area contributed by atoms with E-state index in [-0.39, 0.29) is 35.1 Å². The third kappa shape index (κ3) is 5.05. The molecule has 0 radical (unpaired) electrons. The monoisotopic (exact) mass is 408 g/mol. The quantitative estimate of drug-likeness (QED) is 0.576. The van der Waals surface area contributed by atoms with E-state index in [1.54, 1.807) is 30.3 Å². The zero-order valence-corrected chi connectivity index (χ0v) is 15.9. The number of halogens is 1. The smallest absolute Gasteiger partial charge is 0.335 e. The lowest BCUT2D eigenvalue weighted by Crippen LogP contribution is -2.23. The van der Waals surface area contributed by atoms with Crippen molar-refractivity contribution in [1.82, 2.24) is 10.3 Å². The Bertz CT molecular complexity index is 1110. The molecule has 0 atom stereocenters. The molecule has 0 bridgehead atoms. The molecule has 2 aromatic carbocycles. The maximum atomic E-state index is 13.7. The molecular weight excluding hydrogens is 391 g/mol. The molecule has 0 fully saturated rings. The van der Waals surface area contributed by atoms with Crippen molar-refractivity contribution in [3.8, 4) is 11.6 Å². The maximum absolute atomic E-state index is 13.7. The Kier molecular flexibility index (Phi) is 6.17. The molecule has 0 unspecified atom stereocenters. The molecule has 152 valence electrons. The van der Waals surface area contributed by atoms with Gasteiger partial charge in [0.05, 0.1) is 11.8 Å². The molecule has 0 aliphatic carbocycles. The van der Waals surface area contributed by atoms with Crippen molar-refractivity contribution in [1.29, 1.82) is 0 Å². The topological polar surface area (TPSA) is 106 Å². The van der Waals surface area contributed by atoms with Crippen molar-refractivity contribution in [2.75, 3.05) is 0 Å². The Morgan fingerprint density at radius 3 is 2.47 bits per heavy atom. The summed E-state index contributed by atoms with van der Waals surface area (Å²) in [5.74, 6) is -2.37. The highest BCUT2D eigenvalue weighted by atomic mass is 19.1. The molecule has 1 amide bonds. The highest BCUT2D eigenvalue weighted by Gasteiger charge is 2.17. The molecule has 0 aliphatic heterocycles. The Labute approximate surface area is 171 Å². The van der Waals surface area contributed by atoms with E-state index in [4.69, 9.17) is 9.84 Å². The third-order valence-electron chi connectivity index (χ3n) is 4.17. The number of ketones is 1. The molecule has 0 saturated heterocycles. The Morgan fingerprint density at radius 2 is 1.80 bits per heavy atom. The molecule has 0 saturated carbocycles. The van der Waals surface area contributed by atoms with E-state index in [1.165, 1.54) is 25.1 Å². The van der Waals surface area contributed by atoms with Crippen LogP contribution < -0.4 is 10.1 Å². The minimum atomic E-state index is -1.05. The minimum absolute atomic E-state index is 0.0918. The number of nitrogens with zero attached hydrogens (tertiary/aromatic N) is 1. The highest BCUT2D eigenvalue weighted by molar-refractivity contribution is 5.96. The molecular formula is C22H17FN2O5. The van der Waals surface area contributed by atoms with Crippen molar-refractivity contribution >= 4 is 17.7 Å². The van der Waals surface area contributed by atoms with Gasteiger partial charge in [0.2, 0.25) is 5.88 Å². The normalized spacial score (nSPS) is 10.3. The number of carbonyl (C=O) groups is 3. The molecule has 7 nitrogen and oxygen atoms in total. The number of hydrogen-bond donors (Lipinski definition) is 2. The van der Waals surface area contributed by atoms with Gasteiger partial charge in [-0.1, -0.05) is 24.3 Å². The number of benzene rings is 2. The average molecular weight is 408 g/mol. The number of ether oxygens (including phenoxy) is 1. The van der Waals surface area contributed by atoms with Crippen LogP contribution in [0.15, 0.2) is 60.8 Å². The van der Waals surface area contributed by atoms with Gasteiger partial charge in [0.15, 0.2) is 5.78 Å². The number of rotatable bonds is 7. The van der Waals surface area contributed by atoms with Crippen molar-refractivity contribution < 1.29 is 28.6 Å². The zero-order chi connectivity index (χ0) is 21.7. The fourth-order valence-electron chi connectivity index (χ4n) is 2.60. The number of aromatic nitrogens is 1. The van der Waals surface area contributed by atoms with Crippen LogP contribution in [0.1, 0.15) is 43.6 Å². The van der Waals surface area contributed by atoms with Gasteiger partial charge in [-0.15, -0.1) is 0 Å². The summed E-state index contributed by atoms with van der Waals surface area (Å²) in [6.07, 6.45) is 0.922. The number of carbonyl (C=O) groups excluding carboxylic acids is 2. The number of hydrogen-bond acceptors (Lipinski definition) is 5. The summed E-state index contributed by atoms with van der Waals surface area (Å²) in [7, 11) is 0. The second-order valence-corrected chi connectivity index (χ2v) is 6.38. The number of carboxylic acids is 1. The second-order valence-electron chi connectivity index (χ2n) is 6.38. The van der Waals surface area contributed by atoms with E-state index in [9.17, 15) is 18.8 Å². The largest absolute Gasteiger partial charge is 0.478 e. The fourth-order valence-corrected chi connectivity index (χ4v) is 2.60. The van der Waals surface area contributed by atoms with E-state index < -0.39 is 17.7 Å². The molecule has 0 aliphatic rings. The van der Waals surface area contributed by atoms with Gasteiger partial charge < -0.3 is 15.2 Å². The summed E-state index contributed by atoms with van der Waals surface area (Å²) < 4.78 is 19.3. The van der Waals surface area contributed by atoms with E-state index >= 15 is 0 Å². The number of carboxylic acid groups (broad SMARTS) is 1. The van der Waals surface area contributed by atoms with Crippen LogP contribution in [0.5, 0.6) is 11.6 Å². The molecule has 1 heterocycles. The Morgan fingerprint density at radius 1 is 1.07 bits per heavy atom. The molecule has 0 spiro atoms.